The van der Waals surface area contributed by atoms with Gasteiger partial charge < -0.3 is 20.1 Å². The molecule has 0 aromatic carbocycles. The van der Waals surface area contributed by atoms with E-state index < -0.39 is 47.4 Å². The van der Waals surface area contributed by atoms with Crippen LogP contribution in [0.1, 0.15) is 55.8 Å². The number of nitrogens with one attached hydrogen (secondary N) is 1. The second kappa shape index (κ2) is 10.4. The summed E-state index contributed by atoms with van der Waals surface area (Å²) in [5, 5.41) is 17.7. The number of carbonyl (C=O) groups excluding carboxylic acids is 2. The number of halogens is 3. The minimum atomic E-state index is -4.54. The van der Waals surface area contributed by atoms with Crippen LogP contribution in [0.5, 0.6) is 0 Å². The van der Waals surface area contributed by atoms with Gasteiger partial charge in [-0.25, -0.2) is 4.79 Å². The van der Waals surface area contributed by atoms with Crippen molar-refractivity contribution in [2.24, 2.45) is 18.9 Å². The van der Waals surface area contributed by atoms with Crippen molar-refractivity contribution in [3.8, 4) is 0 Å². The summed E-state index contributed by atoms with van der Waals surface area (Å²) in [6.07, 6.45) is 0.198. The highest BCUT2D eigenvalue weighted by Gasteiger charge is 2.43. The number of fused-ring (bicyclic) bond motifs is 1. The Hall–Kier alpha value is -3.41. The van der Waals surface area contributed by atoms with E-state index in [-0.39, 0.29) is 25.4 Å². The van der Waals surface area contributed by atoms with Crippen LogP contribution in [-0.4, -0.2) is 55.0 Å². The van der Waals surface area contributed by atoms with Crippen LogP contribution in [-0.2, 0) is 35.7 Å². The fraction of sp³-hybridized carbons (Fsp3) is 0.538. The molecular weight excluding hydrogens is 503 g/mol. The van der Waals surface area contributed by atoms with Gasteiger partial charge in [0, 0.05) is 44.6 Å². The van der Waals surface area contributed by atoms with E-state index in [0.29, 0.717) is 23.4 Å². The summed E-state index contributed by atoms with van der Waals surface area (Å²) >= 11 is 0. The molecule has 2 aliphatic rings. The van der Waals surface area contributed by atoms with Gasteiger partial charge in [-0.05, 0) is 50.8 Å². The largest absolute Gasteiger partial charge is 0.444 e. The van der Waals surface area contributed by atoms with E-state index in [4.69, 9.17) is 4.74 Å². The molecule has 12 heteroatoms. The number of nitrogens with zero attached hydrogens (tertiary/aromatic N) is 4. The quantitative estimate of drug-likeness (QED) is 0.567. The minimum Gasteiger partial charge on any atom is -0.444 e. The number of hydrogen-bond acceptors (Lipinski definition) is 6. The smallest absolute Gasteiger partial charge is 0.417 e. The Morgan fingerprint density at radius 2 is 2.00 bits per heavy atom. The first-order chi connectivity index (χ1) is 17.7. The number of aryl methyl sites for hydroxylation is 1. The first-order valence-electron chi connectivity index (χ1n) is 12.4. The second-order valence-corrected chi connectivity index (χ2v) is 10.7. The van der Waals surface area contributed by atoms with Gasteiger partial charge in [0.1, 0.15) is 5.60 Å². The fourth-order valence-electron chi connectivity index (χ4n) is 4.98. The van der Waals surface area contributed by atoms with Crippen molar-refractivity contribution in [3.63, 3.8) is 0 Å². The van der Waals surface area contributed by atoms with Crippen molar-refractivity contribution in [3.05, 3.63) is 59.2 Å². The van der Waals surface area contributed by atoms with Crippen molar-refractivity contribution in [1.82, 2.24) is 25.0 Å². The van der Waals surface area contributed by atoms with E-state index in [0.717, 1.165) is 12.3 Å². The average molecular weight is 536 g/mol. The van der Waals surface area contributed by atoms with E-state index in [9.17, 15) is 27.9 Å². The van der Waals surface area contributed by atoms with Crippen molar-refractivity contribution in [2.75, 3.05) is 6.54 Å². The molecule has 1 unspecified atom stereocenters. The van der Waals surface area contributed by atoms with Crippen molar-refractivity contribution < 1.29 is 32.6 Å². The van der Waals surface area contributed by atoms with E-state index in [1.807, 2.05) is 0 Å². The molecule has 0 bridgehead atoms. The molecule has 2 aromatic rings. The molecule has 0 saturated carbocycles. The van der Waals surface area contributed by atoms with Crippen LogP contribution >= 0.6 is 0 Å². The standard InChI is InChI=1S/C26H32F3N5O4/c1-25(2,3)38-24(37)32-19-6-5-15(12-21(35)20-7-9-31-33(20)4)22(19)23(36)34-10-8-18-16(14-34)11-17(13-30-18)26(27,28)29/h5-7,9,11,13,15,19,21-22,35H,8,10,12,14H2,1-4H3,(H,32,37)/t15-,19+,21?,22-/m0/s1. The van der Waals surface area contributed by atoms with Gasteiger partial charge >= 0.3 is 12.3 Å². The monoisotopic (exact) mass is 535 g/mol. The Balaban J connectivity index is 1.56. The van der Waals surface area contributed by atoms with Crippen LogP contribution in [0.2, 0.25) is 0 Å². The maximum absolute atomic E-state index is 13.9. The predicted octanol–water partition coefficient (Wildman–Crippen LogP) is 3.54. The van der Waals surface area contributed by atoms with Crippen LogP contribution in [0, 0.1) is 11.8 Å². The van der Waals surface area contributed by atoms with Crippen LogP contribution in [0.4, 0.5) is 18.0 Å². The maximum atomic E-state index is 13.9. The molecule has 0 saturated heterocycles. The van der Waals surface area contributed by atoms with E-state index in [1.165, 1.54) is 4.90 Å². The number of hydrogen-bond donors (Lipinski definition) is 2. The van der Waals surface area contributed by atoms with Gasteiger partial charge in [0.2, 0.25) is 5.91 Å². The summed E-state index contributed by atoms with van der Waals surface area (Å²) < 4.78 is 46.7. The lowest BCUT2D eigenvalue weighted by atomic mass is 9.85. The number of pyridine rings is 1. The number of allylic oxidation sites excluding steroid dienone is 1. The molecule has 1 aliphatic carbocycles. The zero-order valence-electron chi connectivity index (χ0n) is 21.7. The number of carbonyl (C=O) groups is 2. The van der Waals surface area contributed by atoms with Crippen LogP contribution in [0.15, 0.2) is 36.7 Å². The summed E-state index contributed by atoms with van der Waals surface area (Å²) in [5.41, 5.74) is -0.173. The topological polar surface area (TPSA) is 110 Å². The van der Waals surface area contributed by atoms with Gasteiger partial charge in [-0.15, -0.1) is 0 Å². The molecule has 4 rings (SSSR count). The maximum Gasteiger partial charge on any atom is 0.417 e. The molecule has 9 nitrogen and oxygen atoms in total. The first-order valence-corrected chi connectivity index (χ1v) is 12.4. The van der Waals surface area contributed by atoms with Gasteiger partial charge in [-0.2, -0.15) is 18.3 Å². The summed E-state index contributed by atoms with van der Waals surface area (Å²) in [7, 11) is 1.70. The van der Waals surface area contributed by atoms with E-state index in [1.54, 1.807) is 56.9 Å². The van der Waals surface area contributed by atoms with Gasteiger partial charge in [0.15, 0.2) is 0 Å². The zero-order chi connectivity index (χ0) is 27.8. The molecule has 2 aromatic heterocycles. The molecule has 2 amide bonds. The molecule has 206 valence electrons. The van der Waals surface area contributed by atoms with Crippen molar-refractivity contribution >= 4 is 12.0 Å². The van der Waals surface area contributed by atoms with Gasteiger partial charge in [0.05, 0.1) is 29.3 Å². The lowest BCUT2D eigenvalue weighted by molar-refractivity contribution is -0.138. The highest BCUT2D eigenvalue weighted by molar-refractivity contribution is 5.82. The molecular formula is C26H32F3N5O4. The molecule has 38 heavy (non-hydrogen) atoms. The summed E-state index contributed by atoms with van der Waals surface area (Å²) in [4.78, 5) is 31.9. The molecule has 1 aliphatic heterocycles. The number of alkyl carbamates (subject to hydrolysis) is 1. The number of aromatic nitrogens is 3. The second-order valence-electron chi connectivity index (χ2n) is 10.7. The van der Waals surface area contributed by atoms with E-state index in [2.05, 4.69) is 15.4 Å². The third kappa shape index (κ3) is 6.17. The number of amides is 2. The number of alkyl halides is 3. The van der Waals surface area contributed by atoms with Crippen LogP contribution < -0.4 is 5.32 Å². The van der Waals surface area contributed by atoms with Crippen molar-refractivity contribution in [1.29, 1.82) is 0 Å². The lowest BCUT2D eigenvalue weighted by Gasteiger charge is -2.35. The third-order valence-corrected chi connectivity index (χ3v) is 6.76. The molecule has 4 atom stereocenters. The first kappa shape index (κ1) is 27.6. The highest BCUT2D eigenvalue weighted by Crippen LogP contribution is 2.36. The van der Waals surface area contributed by atoms with Gasteiger partial charge in [0.25, 0.3) is 0 Å². The minimum absolute atomic E-state index is 0.0300. The van der Waals surface area contributed by atoms with Crippen LogP contribution in [0.25, 0.3) is 0 Å². The number of ether oxygens (including phenoxy) is 1. The summed E-state index contributed by atoms with van der Waals surface area (Å²) in [6, 6.07) is 2.00. The molecule has 0 fully saturated rings. The average Bonchev–Trinajstić information content (AvgIpc) is 3.41. The number of rotatable bonds is 5. The fourth-order valence-corrected chi connectivity index (χ4v) is 4.98. The molecule has 0 radical (unpaired) electrons. The number of aliphatic hydroxyl groups is 1. The van der Waals surface area contributed by atoms with Crippen molar-refractivity contribution in [2.45, 2.75) is 64.1 Å². The molecule has 3 heterocycles. The Kier molecular flexibility index (Phi) is 7.55. The summed E-state index contributed by atoms with van der Waals surface area (Å²) in [6.45, 7) is 5.41. The Labute approximate surface area is 218 Å². The third-order valence-electron chi connectivity index (χ3n) is 6.76. The highest BCUT2D eigenvalue weighted by atomic mass is 19.4. The molecule has 2 N–H and O–H groups in total. The van der Waals surface area contributed by atoms with Gasteiger partial charge in [-0.3, -0.25) is 14.5 Å². The van der Waals surface area contributed by atoms with Crippen LogP contribution in [0.3, 0.4) is 0 Å². The molecule has 0 spiro atoms. The lowest BCUT2D eigenvalue weighted by Crippen LogP contribution is -2.50. The Morgan fingerprint density at radius 3 is 2.63 bits per heavy atom. The van der Waals surface area contributed by atoms with Gasteiger partial charge in [-0.1, -0.05) is 12.2 Å². The Morgan fingerprint density at radius 1 is 1.26 bits per heavy atom. The summed E-state index contributed by atoms with van der Waals surface area (Å²) in [5.74, 6) is -1.57. The van der Waals surface area contributed by atoms with E-state index >= 15 is 0 Å². The SMILES string of the molecule is Cn1nccc1C(O)C[C@@H]1C=C[C@@H](NC(=O)OC(C)(C)C)[C@H]1C(=O)N1CCc2ncc(C(F)(F)F)cc2C1. The predicted molar refractivity (Wildman–Crippen MR) is 130 cm³/mol. The zero-order valence-corrected chi connectivity index (χ0v) is 21.7. The number of aliphatic hydroxyl groups excluding tert-OH is 1. The normalized spacial score (nSPS) is 22.2. The Bertz CT molecular complexity index is 1220.